The molecule has 0 unspecified atom stereocenters. The zero-order valence-electron chi connectivity index (χ0n) is 16.8. The number of likely N-dealkylation sites (tertiary alicyclic amines) is 1. The van der Waals surface area contributed by atoms with Gasteiger partial charge in [-0.2, -0.15) is 0 Å². The summed E-state index contributed by atoms with van der Waals surface area (Å²) in [7, 11) is 1.58. The number of amides is 3. The van der Waals surface area contributed by atoms with Gasteiger partial charge in [0, 0.05) is 32.4 Å². The molecular formula is C20H29N5O4. The third-order valence-corrected chi connectivity index (χ3v) is 5.47. The lowest BCUT2D eigenvalue weighted by Crippen LogP contribution is -2.47. The number of fused-ring (bicyclic) bond motifs is 1. The number of carbonyl (C=O) groups is 3. The minimum absolute atomic E-state index is 0.308. The molecule has 0 aliphatic carbocycles. The van der Waals surface area contributed by atoms with Crippen LogP contribution in [0.2, 0.25) is 0 Å². The fraction of sp³-hybridized carbons (Fsp3) is 0.600. The maximum atomic E-state index is 12.3. The third kappa shape index (κ3) is 5.36. The van der Waals surface area contributed by atoms with Crippen LogP contribution < -0.4 is 10.6 Å². The van der Waals surface area contributed by atoms with Gasteiger partial charge in [0.05, 0.1) is 0 Å². The first-order chi connectivity index (χ1) is 14.0. The van der Waals surface area contributed by atoms with E-state index in [4.69, 9.17) is 5.11 Å². The number of carboxylic acid groups (broad SMARTS) is 1. The Morgan fingerprint density at radius 2 is 2.21 bits per heavy atom. The van der Waals surface area contributed by atoms with E-state index in [0.29, 0.717) is 19.5 Å². The Balaban J connectivity index is 1.36. The average Bonchev–Trinajstić information content (AvgIpc) is 3.06. The predicted octanol–water partition coefficient (Wildman–Crippen LogP) is 1.09. The first kappa shape index (κ1) is 20.9. The van der Waals surface area contributed by atoms with Crippen LogP contribution in [0.5, 0.6) is 0 Å². The molecule has 3 rings (SSSR count). The highest BCUT2D eigenvalue weighted by Crippen LogP contribution is 2.20. The number of anilines is 1. The molecule has 9 heteroatoms. The van der Waals surface area contributed by atoms with Crippen LogP contribution in [0, 0.1) is 0 Å². The number of aromatic nitrogens is 1. The maximum Gasteiger partial charge on any atom is 0.323 e. The van der Waals surface area contributed by atoms with Gasteiger partial charge in [0.1, 0.15) is 18.4 Å². The average molecular weight is 403 g/mol. The number of aryl methyl sites for hydroxylation is 2. The van der Waals surface area contributed by atoms with E-state index in [-0.39, 0.29) is 18.5 Å². The van der Waals surface area contributed by atoms with Crippen molar-refractivity contribution in [1.82, 2.24) is 20.1 Å². The van der Waals surface area contributed by atoms with Crippen molar-refractivity contribution in [2.75, 3.05) is 38.5 Å². The van der Waals surface area contributed by atoms with E-state index in [1.54, 1.807) is 7.05 Å². The van der Waals surface area contributed by atoms with E-state index in [1.807, 2.05) is 0 Å². The van der Waals surface area contributed by atoms with Crippen LogP contribution in [-0.4, -0.2) is 77.1 Å². The van der Waals surface area contributed by atoms with Crippen LogP contribution in [0.4, 0.5) is 10.6 Å². The number of likely N-dealkylation sites (N-methyl/N-ethyl adjacent to an activating group) is 1. The highest BCUT2D eigenvalue weighted by atomic mass is 16.4. The van der Waals surface area contributed by atoms with Crippen molar-refractivity contribution in [2.24, 2.45) is 0 Å². The first-order valence-corrected chi connectivity index (χ1v) is 10.2. The molecule has 1 aromatic rings. The largest absolute Gasteiger partial charge is 0.480 e. The molecule has 1 aromatic heterocycles. The zero-order valence-corrected chi connectivity index (χ0v) is 16.8. The molecule has 29 heavy (non-hydrogen) atoms. The minimum atomic E-state index is -1.05. The summed E-state index contributed by atoms with van der Waals surface area (Å²) in [4.78, 5) is 42.7. The number of nitrogens with zero attached hydrogens (tertiary/aromatic N) is 3. The molecule has 9 nitrogen and oxygen atoms in total. The van der Waals surface area contributed by atoms with Crippen molar-refractivity contribution >= 4 is 23.7 Å². The number of carbonyl (C=O) groups excluding carboxylic acids is 2. The Bertz CT molecular complexity index is 769. The Labute approximate surface area is 170 Å². The SMILES string of the molecule is CN(C(=O)NCCCCc1ccc2c(n1)NCCC2)[C@H]1CCN(CC(=O)O)C1=O. The number of pyridine rings is 1. The summed E-state index contributed by atoms with van der Waals surface area (Å²) in [5.74, 6) is -0.353. The Morgan fingerprint density at radius 1 is 1.38 bits per heavy atom. The van der Waals surface area contributed by atoms with Crippen LogP contribution in [-0.2, 0) is 22.4 Å². The van der Waals surface area contributed by atoms with E-state index < -0.39 is 12.0 Å². The van der Waals surface area contributed by atoms with Gasteiger partial charge in [-0.05, 0) is 50.2 Å². The molecule has 2 aliphatic heterocycles. The molecule has 1 fully saturated rings. The lowest BCUT2D eigenvalue weighted by Gasteiger charge is -2.24. The van der Waals surface area contributed by atoms with Gasteiger partial charge in [0.2, 0.25) is 5.91 Å². The Hall–Kier alpha value is -2.84. The van der Waals surface area contributed by atoms with Crippen molar-refractivity contribution in [3.63, 3.8) is 0 Å². The fourth-order valence-corrected chi connectivity index (χ4v) is 3.80. The molecule has 3 heterocycles. The lowest BCUT2D eigenvalue weighted by atomic mass is 10.1. The molecule has 0 saturated carbocycles. The normalized spacial score (nSPS) is 18.2. The summed E-state index contributed by atoms with van der Waals surface area (Å²) >= 11 is 0. The van der Waals surface area contributed by atoms with Crippen LogP contribution in [0.1, 0.15) is 36.9 Å². The van der Waals surface area contributed by atoms with Gasteiger partial charge in [-0.1, -0.05) is 6.07 Å². The van der Waals surface area contributed by atoms with Gasteiger partial charge in [-0.15, -0.1) is 0 Å². The van der Waals surface area contributed by atoms with Crippen molar-refractivity contribution in [2.45, 2.75) is 44.6 Å². The monoisotopic (exact) mass is 403 g/mol. The topological polar surface area (TPSA) is 115 Å². The van der Waals surface area contributed by atoms with Gasteiger partial charge >= 0.3 is 12.0 Å². The quantitative estimate of drug-likeness (QED) is 0.560. The number of carboxylic acids is 1. The van der Waals surface area contributed by atoms with Gasteiger partial charge in [0.25, 0.3) is 0 Å². The van der Waals surface area contributed by atoms with Crippen molar-refractivity contribution < 1.29 is 19.5 Å². The number of aliphatic carboxylic acids is 1. The zero-order chi connectivity index (χ0) is 20.8. The standard InChI is InChI=1S/C20H29N5O4/c1-24(16-9-12-25(19(16)28)13-17(26)27)20(29)22-10-3-2-6-15-8-7-14-5-4-11-21-18(14)23-15/h7-8,16H,2-6,9-13H2,1H3,(H,21,23)(H,22,29)(H,26,27)/t16-/m0/s1. The number of unbranched alkanes of at least 4 members (excludes halogenated alkanes) is 1. The van der Waals surface area contributed by atoms with Crippen LogP contribution in [0.25, 0.3) is 0 Å². The van der Waals surface area contributed by atoms with E-state index >= 15 is 0 Å². The minimum Gasteiger partial charge on any atom is -0.480 e. The second kappa shape index (κ2) is 9.58. The van der Waals surface area contributed by atoms with Gasteiger partial charge in [-0.3, -0.25) is 9.59 Å². The summed E-state index contributed by atoms with van der Waals surface area (Å²) in [6, 6.07) is 3.32. The molecule has 0 spiro atoms. The second-order valence-electron chi connectivity index (χ2n) is 7.60. The van der Waals surface area contributed by atoms with Crippen LogP contribution in [0.3, 0.4) is 0 Å². The summed E-state index contributed by atoms with van der Waals surface area (Å²) < 4.78 is 0. The summed E-state index contributed by atoms with van der Waals surface area (Å²) in [5.41, 5.74) is 2.33. The molecule has 2 aliphatic rings. The summed E-state index contributed by atoms with van der Waals surface area (Å²) in [6.45, 7) is 1.53. The number of nitrogens with one attached hydrogen (secondary N) is 2. The molecule has 3 N–H and O–H groups in total. The Morgan fingerprint density at radius 3 is 3.00 bits per heavy atom. The molecule has 0 bridgehead atoms. The van der Waals surface area contributed by atoms with Crippen molar-refractivity contribution in [3.8, 4) is 0 Å². The summed E-state index contributed by atoms with van der Waals surface area (Å²) in [5, 5.41) is 15.0. The highest BCUT2D eigenvalue weighted by Gasteiger charge is 2.37. The van der Waals surface area contributed by atoms with Crippen LogP contribution >= 0.6 is 0 Å². The smallest absolute Gasteiger partial charge is 0.323 e. The first-order valence-electron chi connectivity index (χ1n) is 10.2. The fourth-order valence-electron chi connectivity index (χ4n) is 3.80. The number of urea groups is 1. The van der Waals surface area contributed by atoms with Crippen molar-refractivity contribution in [1.29, 1.82) is 0 Å². The van der Waals surface area contributed by atoms with Crippen molar-refractivity contribution in [3.05, 3.63) is 23.4 Å². The molecule has 0 radical (unpaired) electrons. The molecule has 0 aromatic carbocycles. The second-order valence-corrected chi connectivity index (χ2v) is 7.60. The number of hydrogen-bond donors (Lipinski definition) is 3. The van der Waals surface area contributed by atoms with E-state index in [1.165, 1.54) is 15.4 Å². The molecule has 1 atom stereocenters. The third-order valence-electron chi connectivity index (χ3n) is 5.47. The van der Waals surface area contributed by atoms with E-state index in [9.17, 15) is 14.4 Å². The summed E-state index contributed by atoms with van der Waals surface area (Å²) in [6.07, 6.45) is 5.25. The lowest BCUT2D eigenvalue weighted by molar-refractivity contribution is -0.143. The molecular weight excluding hydrogens is 374 g/mol. The molecule has 3 amide bonds. The molecule has 158 valence electrons. The number of rotatable bonds is 8. The van der Waals surface area contributed by atoms with Crippen LogP contribution in [0.15, 0.2) is 12.1 Å². The predicted molar refractivity (Wildman–Crippen MR) is 108 cm³/mol. The number of hydrogen-bond acceptors (Lipinski definition) is 5. The highest BCUT2D eigenvalue weighted by molar-refractivity contribution is 5.90. The van der Waals surface area contributed by atoms with Gasteiger partial charge in [-0.25, -0.2) is 9.78 Å². The maximum absolute atomic E-state index is 12.3. The van der Waals surface area contributed by atoms with Gasteiger partial charge in [0.15, 0.2) is 0 Å². The molecule has 1 saturated heterocycles. The van der Waals surface area contributed by atoms with Gasteiger partial charge < -0.3 is 25.5 Å². The Kier molecular flexibility index (Phi) is 6.90. The van der Waals surface area contributed by atoms with E-state index in [2.05, 4.69) is 27.8 Å². The van der Waals surface area contributed by atoms with E-state index in [0.717, 1.165) is 50.2 Å².